The molecule has 3 rings (SSSR count). The number of nitrogens with zero attached hydrogens (tertiary/aromatic N) is 5. The van der Waals surface area contributed by atoms with Crippen LogP contribution in [0.4, 0.5) is 5.82 Å². The fraction of sp³-hybridized carbons (Fsp3) is 0.385. The quantitative estimate of drug-likeness (QED) is 0.881. The van der Waals surface area contributed by atoms with Gasteiger partial charge in [0.1, 0.15) is 17.5 Å². The van der Waals surface area contributed by atoms with Gasteiger partial charge in [-0.1, -0.05) is 12.8 Å². The van der Waals surface area contributed by atoms with Crippen molar-refractivity contribution in [3.8, 4) is 12.0 Å². The number of nitriles is 1. The summed E-state index contributed by atoms with van der Waals surface area (Å²) in [7, 11) is 0. The molecular formula is C13H14N6. The Bertz CT molecular complexity index is 619. The highest BCUT2D eigenvalue weighted by Gasteiger charge is 2.26. The third kappa shape index (κ3) is 1.93. The topological polar surface area (TPSA) is 93.4 Å². The van der Waals surface area contributed by atoms with Gasteiger partial charge in [-0.3, -0.25) is 0 Å². The van der Waals surface area contributed by atoms with Crippen LogP contribution >= 0.6 is 0 Å². The van der Waals surface area contributed by atoms with E-state index in [1.54, 1.807) is 18.5 Å². The van der Waals surface area contributed by atoms with E-state index in [-0.39, 0.29) is 0 Å². The molecule has 0 saturated heterocycles. The predicted molar refractivity (Wildman–Crippen MR) is 69.5 cm³/mol. The van der Waals surface area contributed by atoms with Gasteiger partial charge in [0.2, 0.25) is 0 Å². The minimum Gasteiger partial charge on any atom is -0.382 e. The summed E-state index contributed by atoms with van der Waals surface area (Å²) in [6.07, 6.45) is 7.77. The summed E-state index contributed by atoms with van der Waals surface area (Å²) in [5.74, 6) is 1.07. The SMILES string of the molecule is N#Cc1c(C2CCCC2)nn(-c2ncccn2)c1N. The minimum absolute atomic E-state index is 0.329. The van der Waals surface area contributed by atoms with Crippen LogP contribution in [-0.4, -0.2) is 19.7 Å². The van der Waals surface area contributed by atoms with E-state index < -0.39 is 0 Å². The first-order valence-corrected chi connectivity index (χ1v) is 6.37. The van der Waals surface area contributed by atoms with E-state index >= 15 is 0 Å². The highest BCUT2D eigenvalue weighted by atomic mass is 15.4. The zero-order valence-corrected chi connectivity index (χ0v) is 10.5. The van der Waals surface area contributed by atoms with E-state index in [0.29, 0.717) is 23.2 Å². The van der Waals surface area contributed by atoms with Gasteiger partial charge < -0.3 is 5.73 Å². The van der Waals surface area contributed by atoms with E-state index in [1.807, 2.05) is 0 Å². The highest BCUT2D eigenvalue weighted by Crippen LogP contribution is 2.36. The Morgan fingerprint density at radius 2 is 1.95 bits per heavy atom. The minimum atomic E-state index is 0.329. The fourth-order valence-corrected chi connectivity index (χ4v) is 2.60. The van der Waals surface area contributed by atoms with Crippen molar-refractivity contribution < 1.29 is 0 Å². The van der Waals surface area contributed by atoms with E-state index in [2.05, 4.69) is 21.1 Å². The highest BCUT2D eigenvalue weighted by molar-refractivity contribution is 5.55. The van der Waals surface area contributed by atoms with Gasteiger partial charge >= 0.3 is 0 Å². The number of aromatic nitrogens is 4. The van der Waals surface area contributed by atoms with Gasteiger partial charge in [-0.2, -0.15) is 15.0 Å². The molecule has 6 nitrogen and oxygen atoms in total. The lowest BCUT2D eigenvalue weighted by Crippen LogP contribution is -2.06. The Kier molecular flexibility index (Phi) is 2.88. The zero-order chi connectivity index (χ0) is 13.2. The predicted octanol–water partition coefficient (Wildman–Crippen LogP) is 1.77. The second kappa shape index (κ2) is 4.69. The third-order valence-corrected chi connectivity index (χ3v) is 3.54. The average molecular weight is 254 g/mol. The Hall–Kier alpha value is -2.42. The van der Waals surface area contributed by atoms with E-state index in [9.17, 15) is 5.26 Å². The molecular weight excluding hydrogens is 240 g/mol. The first-order valence-electron chi connectivity index (χ1n) is 6.37. The van der Waals surface area contributed by atoms with Crippen LogP contribution in [0.5, 0.6) is 0 Å². The molecule has 0 bridgehead atoms. The Morgan fingerprint density at radius 1 is 1.26 bits per heavy atom. The molecule has 0 unspecified atom stereocenters. The van der Waals surface area contributed by atoms with E-state index in [0.717, 1.165) is 18.5 Å². The van der Waals surface area contributed by atoms with Gasteiger partial charge in [0.05, 0.1) is 5.69 Å². The van der Waals surface area contributed by atoms with Crippen LogP contribution < -0.4 is 5.73 Å². The largest absolute Gasteiger partial charge is 0.382 e. The Morgan fingerprint density at radius 3 is 2.58 bits per heavy atom. The monoisotopic (exact) mass is 254 g/mol. The lowest BCUT2D eigenvalue weighted by Gasteiger charge is -2.04. The van der Waals surface area contributed by atoms with Crippen LogP contribution in [0.3, 0.4) is 0 Å². The van der Waals surface area contributed by atoms with Crippen molar-refractivity contribution in [1.82, 2.24) is 19.7 Å². The van der Waals surface area contributed by atoms with Gasteiger partial charge in [-0.25, -0.2) is 9.97 Å². The number of nitrogens with two attached hydrogens (primary N) is 1. The molecule has 96 valence electrons. The Labute approximate surface area is 110 Å². The molecule has 0 amide bonds. The van der Waals surface area contributed by atoms with Gasteiger partial charge in [-0.15, -0.1) is 0 Å². The first-order chi connectivity index (χ1) is 9.31. The number of nitrogen functional groups attached to an aromatic ring is 1. The second-order valence-electron chi connectivity index (χ2n) is 4.70. The van der Waals surface area contributed by atoms with Gasteiger partial charge in [0, 0.05) is 18.3 Å². The molecule has 6 heteroatoms. The average Bonchev–Trinajstić information content (AvgIpc) is 3.07. The van der Waals surface area contributed by atoms with Crippen molar-refractivity contribution in [2.45, 2.75) is 31.6 Å². The van der Waals surface area contributed by atoms with Gasteiger partial charge in [-0.05, 0) is 18.9 Å². The Balaban J connectivity index is 2.10. The summed E-state index contributed by atoms with van der Waals surface area (Å²) in [6.45, 7) is 0. The lowest BCUT2D eigenvalue weighted by molar-refractivity contribution is 0.671. The molecule has 0 aliphatic heterocycles. The summed E-state index contributed by atoms with van der Waals surface area (Å²) >= 11 is 0. The molecule has 1 saturated carbocycles. The van der Waals surface area contributed by atoms with Gasteiger partial charge in [0.25, 0.3) is 5.95 Å². The smallest absolute Gasteiger partial charge is 0.252 e. The van der Waals surface area contributed by atoms with Crippen LogP contribution in [0.2, 0.25) is 0 Å². The summed E-state index contributed by atoms with van der Waals surface area (Å²) in [5.41, 5.74) is 7.28. The molecule has 2 N–H and O–H groups in total. The molecule has 0 aromatic carbocycles. The molecule has 2 aromatic heterocycles. The summed E-state index contributed by atoms with van der Waals surface area (Å²) in [4.78, 5) is 8.25. The van der Waals surface area contributed by atoms with Crippen LogP contribution in [-0.2, 0) is 0 Å². The zero-order valence-electron chi connectivity index (χ0n) is 10.5. The summed E-state index contributed by atoms with van der Waals surface area (Å²) in [6, 6.07) is 3.90. The number of hydrogen-bond donors (Lipinski definition) is 1. The van der Waals surface area contributed by atoms with Crippen LogP contribution in [0.1, 0.15) is 42.9 Å². The van der Waals surface area contributed by atoms with E-state index in [1.165, 1.54) is 17.5 Å². The molecule has 2 aromatic rings. The number of hydrogen-bond acceptors (Lipinski definition) is 5. The molecule has 0 atom stereocenters. The van der Waals surface area contributed by atoms with E-state index in [4.69, 9.17) is 5.73 Å². The molecule has 19 heavy (non-hydrogen) atoms. The van der Waals surface area contributed by atoms with Crippen molar-refractivity contribution in [3.05, 3.63) is 29.7 Å². The fourth-order valence-electron chi connectivity index (χ4n) is 2.60. The molecule has 0 spiro atoms. The molecule has 1 aliphatic carbocycles. The van der Waals surface area contributed by atoms with Crippen molar-refractivity contribution >= 4 is 5.82 Å². The molecule has 2 heterocycles. The maximum atomic E-state index is 9.30. The van der Waals surface area contributed by atoms with Crippen molar-refractivity contribution in [2.24, 2.45) is 0 Å². The van der Waals surface area contributed by atoms with Crippen LogP contribution in [0, 0.1) is 11.3 Å². The standard InChI is InChI=1S/C13H14N6/c14-8-10-11(9-4-1-2-5-9)18-19(12(10)15)13-16-6-3-7-17-13/h3,6-7,9H,1-2,4-5,15H2. The number of anilines is 1. The first kappa shape index (κ1) is 11.7. The number of rotatable bonds is 2. The van der Waals surface area contributed by atoms with Gasteiger partial charge in [0.15, 0.2) is 0 Å². The maximum Gasteiger partial charge on any atom is 0.252 e. The maximum absolute atomic E-state index is 9.30. The molecule has 1 fully saturated rings. The van der Waals surface area contributed by atoms with Crippen LogP contribution in [0.25, 0.3) is 5.95 Å². The normalized spacial score (nSPS) is 15.5. The van der Waals surface area contributed by atoms with Crippen molar-refractivity contribution in [3.63, 3.8) is 0 Å². The molecule has 1 aliphatic rings. The second-order valence-corrected chi connectivity index (χ2v) is 4.70. The van der Waals surface area contributed by atoms with Crippen molar-refractivity contribution in [1.29, 1.82) is 5.26 Å². The molecule has 0 radical (unpaired) electrons. The summed E-state index contributed by atoms with van der Waals surface area (Å²) in [5, 5.41) is 13.8. The summed E-state index contributed by atoms with van der Waals surface area (Å²) < 4.78 is 1.46. The lowest BCUT2D eigenvalue weighted by atomic mass is 10.0. The third-order valence-electron chi connectivity index (χ3n) is 3.54. The van der Waals surface area contributed by atoms with Crippen molar-refractivity contribution in [2.75, 3.05) is 5.73 Å². The van der Waals surface area contributed by atoms with Crippen LogP contribution in [0.15, 0.2) is 18.5 Å².